The van der Waals surface area contributed by atoms with Crippen molar-refractivity contribution in [2.24, 2.45) is 11.3 Å². The van der Waals surface area contributed by atoms with E-state index >= 15 is 0 Å². The van der Waals surface area contributed by atoms with Gasteiger partial charge in [0.2, 0.25) is 5.95 Å². The maximum absolute atomic E-state index is 14.1. The molecule has 1 atom stereocenters. The van der Waals surface area contributed by atoms with Gasteiger partial charge in [0.05, 0.1) is 11.9 Å². The summed E-state index contributed by atoms with van der Waals surface area (Å²) in [5.41, 5.74) is 4.42. The summed E-state index contributed by atoms with van der Waals surface area (Å²) in [5, 5.41) is 3.41. The van der Waals surface area contributed by atoms with E-state index in [2.05, 4.69) is 68.5 Å². The zero-order chi connectivity index (χ0) is 20.7. The van der Waals surface area contributed by atoms with Gasteiger partial charge in [0.25, 0.3) is 0 Å². The van der Waals surface area contributed by atoms with E-state index in [1.54, 1.807) is 18.2 Å². The van der Waals surface area contributed by atoms with Crippen molar-refractivity contribution in [2.45, 2.75) is 40.5 Å². The van der Waals surface area contributed by atoms with Crippen LogP contribution in [0.1, 0.15) is 43.9 Å². The first-order chi connectivity index (χ1) is 13.2. The molecule has 0 saturated carbocycles. The number of anilines is 1. The Morgan fingerprint density at radius 1 is 1.25 bits per heavy atom. The normalized spacial score (nSPS) is 12.8. The van der Waals surface area contributed by atoms with E-state index < -0.39 is 5.95 Å². The van der Waals surface area contributed by atoms with Crippen LogP contribution in [-0.2, 0) is 6.42 Å². The molecule has 0 bridgehead atoms. The second-order valence-corrected chi connectivity index (χ2v) is 8.40. The van der Waals surface area contributed by atoms with Crippen LogP contribution in [0.5, 0.6) is 0 Å². The number of hydrogen-bond acceptors (Lipinski definition) is 2. The minimum Gasteiger partial charge on any atom is -0.358 e. The largest absolute Gasteiger partial charge is 0.358 e. The van der Waals surface area contributed by atoms with Crippen LogP contribution in [0.15, 0.2) is 67.5 Å². The number of pyridine rings is 1. The fourth-order valence-electron chi connectivity index (χ4n) is 3.30. The smallest absolute Gasteiger partial charge is 0.220 e. The summed E-state index contributed by atoms with van der Waals surface area (Å²) in [4.78, 5) is 3.91. The summed E-state index contributed by atoms with van der Waals surface area (Å²) >= 11 is 0. The lowest BCUT2D eigenvalue weighted by Gasteiger charge is -2.29. The molecule has 1 N–H and O–H groups in total. The van der Waals surface area contributed by atoms with Crippen LogP contribution in [0.2, 0.25) is 0 Å². The molecule has 0 spiro atoms. The zero-order valence-electron chi connectivity index (χ0n) is 17.4. The van der Waals surface area contributed by atoms with Crippen LogP contribution in [0, 0.1) is 24.2 Å². The Morgan fingerprint density at radius 2 is 1.93 bits per heavy atom. The van der Waals surface area contributed by atoms with E-state index in [4.69, 9.17) is 0 Å². The summed E-state index contributed by atoms with van der Waals surface area (Å²) in [6.45, 7) is 16.6. The van der Waals surface area contributed by atoms with Gasteiger partial charge in [-0.2, -0.15) is 4.39 Å². The van der Waals surface area contributed by atoms with Crippen LogP contribution in [-0.4, -0.2) is 4.98 Å². The molecule has 0 aliphatic carbocycles. The fraction of sp³-hybridized carbons (Fsp3) is 0.320. The van der Waals surface area contributed by atoms with Crippen molar-refractivity contribution in [3.8, 4) is 0 Å². The van der Waals surface area contributed by atoms with Crippen LogP contribution in [0.3, 0.4) is 0 Å². The van der Waals surface area contributed by atoms with Gasteiger partial charge in [-0.05, 0) is 36.3 Å². The molecule has 2 nitrogen and oxygen atoms in total. The average Bonchev–Trinajstić information content (AvgIpc) is 2.63. The Morgan fingerprint density at radius 3 is 2.54 bits per heavy atom. The highest BCUT2D eigenvalue weighted by molar-refractivity contribution is 5.64. The first kappa shape index (κ1) is 21.6. The lowest BCUT2D eigenvalue weighted by Crippen LogP contribution is -2.21. The summed E-state index contributed by atoms with van der Waals surface area (Å²) in [7, 11) is 0. The second-order valence-electron chi connectivity index (χ2n) is 8.40. The van der Waals surface area contributed by atoms with Crippen molar-refractivity contribution >= 4 is 11.8 Å². The van der Waals surface area contributed by atoms with Crippen molar-refractivity contribution in [3.63, 3.8) is 0 Å². The van der Waals surface area contributed by atoms with Gasteiger partial charge in [0.15, 0.2) is 0 Å². The first-order valence-electron chi connectivity index (χ1n) is 9.65. The average molecular weight is 379 g/mol. The van der Waals surface area contributed by atoms with Gasteiger partial charge in [-0.25, -0.2) is 4.98 Å². The third-order valence-electron chi connectivity index (χ3n) is 4.71. The van der Waals surface area contributed by atoms with E-state index in [0.717, 1.165) is 29.8 Å². The third-order valence-corrected chi connectivity index (χ3v) is 4.71. The Bertz CT molecular complexity index is 845. The topological polar surface area (TPSA) is 24.9 Å². The Balaban J connectivity index is 2.27. The quantitative estimate of drug-likeness (QED) is 0.397. The highest BCUT2D eigenvalue weighted by atomic mass is 19.1. The molecular weight excluding hydrogens is 347 g/mol. The van der Waals surface area contributed by atoms with Gasteiger partial charge >= 0.3 is 0 Å². The Labute approximate surface area is 168 Å². The van der Waals surface area contributed by atoms with E-state index in [-0.39, 0.29) is 11.3 Å². The molecule has 1 unspecified atom stereocenters. The van der Waals surface area contributed by atoms with Crippen molar-refractivity contribution in [1.29, 1.82) is 0 Å². The molecule has 1 aromatic carbocycles. The highest BCUT2D eigenvalue weighted by Crippen LogP contribution is 2.32. The van der Waals surface area contributed by atoms with Gasteiger partial charge in [-0.3, -0.25) is 0 Å². The van der Waals surface area contributed by atoms with Crippen molar-refractivity contribution < 1.29 is 4.39 Å². The Hall–Kier alpha value is -2.68. The van der Waals surface area contributed by atoms with E-state index in [1.165, 1.54) is 11.8 Å². The maximum atomic E-state index is 14.1. The molecule has 1 heterocycles. The molecule has 0 saturated heterocycles. The van der Waals surface area contributed by atoms with Crippen molar-refractivity contribution in [3.05, 3.63) is 90.2 Å². The molecule has 0 radical (unpaired) electrons. The molecule has 2 rings (SSSR count). The first-order valence-corrected chi connectivity index (χ1v) is 9.65. The van der Waals surface area contributed by atoms with Crippen molar-refractivity contribution in [2.75, 3.05) is 5.32 Å². The minimum absolute atomic E-state index is 0.165. The SMILES string of the molecule is C=C/C=C\c1c(F)ncc(NC(=C)C(Cc2ccccc2)CC(C)(C)C)c1C. The summed E-state index contributed by atoms with van der Waals surface area (Å²) < 4.78 is 14.1. The summed E-state index contributed by atoms with van der Waals surface area (Å²) in [6, 6.07) is 10.4. The molecule has 3 heteroatoms. The number of aromatic nitrogens is 1. The molecule has 0 amide bonds. The van der Waals surface area contributed by atoms with E-state index in [0.29, 0.717) is 5.56 Å². The van der Waals surface area contributed by atoms with E-state index in [9.17, 15) is 4.39 Å². The summed E-state index contributed by atoms with van der Waals surface area (Å²) in [5.74, 6) is -0.235. The van der Waals surface area contributed by atoms with Gasteiger partial charge in [-0.15, -0.1) is 0 Å². The number of allylic oxidation sites excluding steroid dienone is 3. The summed E-state index contributed by atoms with van der Waals surface area (Å²) in [6.07, 6.45) is 8.46. The highest BCUT2D eigenvalue weighted by Gasteiger charge is 2.22. The standard InChI is InChI=1S/C25H31FN2/c1-7-8-14-22-18(2)23(17-27-24(22)26)28-19(3)21(16-25(4,5)6)15-20-12-10-9-11-13-20/h7-14,17,21,28H,1,3,15-16H2,2,4-6H3/b14-8-. The lowest BCUT2D eigenvalue weighted by atomic mass is 9.80. The minimum atomic E-state index is -0.484. The molecule has 0 aliphatic heterocycles. The Kier molecular flexibility index (Phi) is 7.33. The molecule has 28 heavy (non-hydrogen) atoms. The molecule has 2 aromatic rings. The second kappa shape index (κ2) is 9.50. The molecular formula is C25H31FN2. The molecule has 148 valence electrons. The number of nitrogens with one attached hydrogen (secondary N) is 1. The van der Waals surface area contributed by atoms with Crippen molar-refractivity contribution in [1.82, 2.24) is 4.98 Å². The van der Waals surface area contributed by atoms with Crippen LogP contribution >= 0.6 is 0 Å². The monoisotopic (exact) mass is 378 g/mol. The number of hydrogen-bond donors (Lipinski definition) is 1. The molecule has 1 aromatic heterocycles. The predicted molar refractivity (Wildman–Crippen MR) is 119 cm³/mol. The fourth-order valence-corrected chi connectivity index (χ4v) is 3.30. The van der Waals surface area contributed by atoms with Gasteiger partial charge in [-0.1, -0.05) is 82.5 Å². The molecule has 0 fully saturated rings. The zero-order valence-corrected chi connectivity index (χ0v) is 17.4. The number of rotatable bonds is 8. The number of nitrogens with zero attached hydrogens (tertiary/aromatic N) is 1. The van der Waals surface area contributed by atoms with Gasteiger partial charge in [0.1, 0.15) is 0 Å². The predicted octanol–water partition coefficient (Wildman–Crippen LogP) is 6.95. The maximum Gasteiger partial charge on any atom is 0.220 e. The van der Waals surface area contributed by atoms with Crippen LogP contribution in [0.4, 0.5) is 10.1 Å². The van der Waals surface area contributed by atoms with Gasteiger partial charge < -0.3 is 5.32 Å². The lowest BCUT2D eigenvalue weighted by molar-refractivity contribution is 0.317. The van der Waals surface area contributed by atoms with Gasteiger partial charge in [0, 0.05) is 17.2 Å². The third kappa shape index (κ3) is 6.19. The van der Waals surface area contributed by atoms with Crippen LogP contribution in [0.25, 0.3) is 6.08 Å². The van der Waals surface area contributed by atoms with Crippen LogP contribution < -0.4 is 5.32 Å². The van der Waals surface area contributed by atoms with E-state index in [1.807, 2.05) is 13.0 Å². The number of halogens is 1. The molecule has 0 aliphatic rings. The number of benzene rings is 1.